The van der Waals surface area contributed by atoms with E-state index in [9.17, 15) is 0 Å². The van der Waals surface area contributed by atoms with E-state index >= 15 is 0 Å². The fourth-order valence-electron chi connectivity index (χ4n) is 3.78. The Morgan fingerprint density at radius 2 is 2.00 bits per heavy atom. The van der Waals surface area contributed by atoms with Gasteiger partial charge < -0.3 is 10.2 Å². The number of nitrogens with zero attached hydrogens (tertiary/aromatic N) is 2. The summed E-state index contributed by atoms with van der Waals surface area (Å²) in [4.78, 5) is 5.02. The van der Waals surface area contributed by atoms with Gasteiger partial charge in [0, 0.05) is 31.2 Å². The van der Waals surface area contributed by atoms with Crippen LogP contribution in [0.4, 0.5) is 0 Å². The molecule has 0 amide bonds. The van der Waals surface area contributed by atoms with E-state index in [-0.39, 0.29) is 0 Å². The molecule has 2 rings (SSSR count). The van der Waals surface area contributed by atoms with Crippen molar-refractivity contribution in [2.24, 2.45) is 5.92 Å². The number of nitrogens with one attached hydrogen (secondary N) is 1. The first-order chi connectivity index (χ1) is 8.56. The van der Waals surface area contributed by atoms with E-state index in [1.165, 1.54) is 45.3 Å². The molecule has 2 heterocycles. The Morgan fingerprint density at radius 3 is 2.67 bits per heavy atom. The van der Waals surface area contributed by atoms with Gasteiger partial charge in [-0.1, -0.05) is 13.8 Å². The van der Waals surface area contributed by atoms with Crippen molar-refractivity contribution in [1.82, 2.24) is 15.1 Å². The standard InChI is InChI=1S/C15H31N3/c1-12(2)10-13(11-17(3)4)16-14-7-9-18-8-5-6-15(14)18/h12-16H,5-11H2,1-4H3. The Morgan fingerprint density at radius 1 is 1.22 bits per heavy atom. The van der Waals surface area contributed by atoms with Crippen molar-refractivity contribution in [1.29, 1.82) is 0 Å². The van der Waals surface area contributed by atoms with Crippen LogP contribution in [-0.4, -0.2) is 61.7 Å². The van der Waals surface area contributed by atoms with Crippen LogP contribution in [-0.2, 0) is 0 Å². The number of hydrogen-bond acceptors (Lipinski definition) is 3. The zero-order valence-corrected chi connectivity index (χ0v) is 12.7. The van der Waals surface area contributed by atoms with Gasteiger partial charge in [0.25, 0.3) is 0 Å². The highest BCUT2D eigenvalue weighted by molar-refractivity contribution is 4.97. The third kappa shape index (κ3) is 3.69. The van der Waals surface area contributed by atoms with Gasteiger partial charge in [0.2, 0.25) is 0 Å². The summed E-state index contributed by atoms with van der Waals surface area (Å²) >= 11 is 0. The molecule has 2 aliphatic heterocycles. The minimum atomic E-state index is 0.658. The van der Waals surface area contributed by atoms with E-state index in [0.717, 1.165) is 18.0 Å². The molecule has 0 aliphatic carbocycles. The zero-order chi connectivity index (χ0) is 13.1. The molecule has 0 bridgehead atoms. The van der Waals surface area contributed by atoms with Crippen LogP contribution in [0.5, 0.6) is 0 Å². The van der Waals surface area contributed by atoms with Crippen molar-refractivity contribution < 1.29 is 0 Å². The van der Waals surface area contributed by atoms with E-state index in [1.807, 2.05) is 0 Å². The molecule has 2 saturated heterocycles. The molecule has 106 valence electrons. The Labute approximate surface area is 113 Å². The minimum Gasteiger partial charge on any atom is -0.308 e. The van der Waals surface area contributed by atoms with Crippen molar-refractivity contribution in [2.45, 2.75) is 57.7 Å². The predicted molar refractivity (Wildman–Crippen MR) is 77.9 cm³/mol. The average molecular weight is 253 g/mol. The largest absolute Gasteiger partial charge is 0.308 e. The molecule has 0 aromatic rings. The monoisotopic (exact) mass is 253 g/mol. The van der Waals surface area contributed by atoms with Crippen LogP contribution in [0.15, 0.2) is 0 Å². The minimum absolute atomic E-state index is 0.658. The number of likely N-dealkylation sites (N-methyl/N-ethyl adjacent to an activating group) is 1. The molecule has 0 spiro atoms. The molecule has 3 heteroatoms. The molecule has 18 heavy (non-hydrogen) atoms. The lowest BCUT2D eigenvalue weighted by atomic mass is 10.00. The van der Waals surface area contributed by atoms with Gasteiger partial charge in [-0.2, -0.15) is 0 Å². The maximum atomic E-state index is 3.97. The SMILES string of the molecule is CC(C)CC(CN(C)C)NC1CCN2CCCC12. The van der Waals surface area contributed by atoms with Crippen LogP contribution in [0.1, 0.15) is 39.5 Å². The van der Waals surface area contributed by atoms with Gasteiger partial charge in [-0.15, -0.1) is 0 Å². The highest BCUT2D eigenvalue weighted by atomic mass is 15.2. The third-order valence-corrected chi connectivity index (χ3v) is 4.40. The summed E-state index contributed by atoms with van der Waals surface area (Å²) in [7, 11) is 4.37. The number of hydrogen-bond donors (Lipinski definition) is 1. The molecule has 3 nitrogen and oxygen atoms in total. The van der Waals surface area contributed by atoms with Crippen LogP contribution in [0.25, 0.3) is 0 Å². The Bertz CT molecular complexity index is 242. The first kappa shape index (κ1) is 14.3. The first-order valence-electron chi connectivity index (χ1n) is 7.71. The Balaban J connectivity index is 1.87. The van der Waals surface area contributed by atoms with Gasteiger partial charge in [0.1, 0.15) is 0 Å². The fraction of sp³-hybridized carbons (Fsp3) is 1.00. The normalized spacial score (nSPS) is 30.3. The van der Waals surface area contributed by atoms with Crippen molar-refractivity contribution in [3.63, 3.8) is 0 Å². The maximum Gasteiger partial charge on any atom is 0.0250 e. The molecule has 0 aromatic carbocycles. The lowest BCUT2D eigenvalue weighted by Gasteiger charge is -2.30. The van der Waals surface area contributed by atoms with E-state index < -0.39 is 0 Å². The van der Waals surface area contributed by atoms with Crippen LogP contribution in [0.3, 0.4) is 0 Å². The lowest BCUT2D eigenvalue weighted by Crippen LogP contribution is -2.48. The molecule has 2 fully saturated rings. The zero-order valence-electron chi connectivity index (χ0n) is 12.7. The number of fused-ring (bicyclic) bond motifs is 1. The van der Waals surface area contributed by atoms with Crippen LogP contribution < -0.4 is 5.32 Å². The van der Waals surface area contributed by atoms with Crippen molar-refractivity contribution in [3.8, 4) is 0 Å². The van der Waals surface area contributed by atoms with E-state index in [2.05, 4.69) is 43.1 Å². The van der Waals surface area contributed by atoms with Gasteiger partial charge >= 0.3 is 0 Å². The van der Waals surface area contributed by atoms with Crippen LogP contribution >= 0.6 is 0 Å². The summed E-state index contributed by atoms with van der Waals surface area (Å²) in [6, 6.07) is 2.24. The highest BCUT2D eigenvalue weighted by Crippen LogP contribution is 2.28. The van der Waals surface area contributed by atoms with Crippen molar-refractivity contribution in [3.05, 3.63) is 0 Å². The summed E-state index contributed by atoms with van der Waals surface area (Å²) in [6.45, 7) is 8.49. The summed E-state index contributed by atoms with van der Waals surface area (Å²) in [5, 5.41) is 3.97. The second kappa shape index (κ2) is 6.36. The summed E-state index contributed by atoms with van der Waals surface area (Å²) in [6.07, 6.45) is 5.47. The first-order valence-corrected chi connectivity index (χ1v) is 7.71. The molecule has 2 aliphatic rings. The number of rotatable bonds is 6. The van der Waals surface area contributed by atoms with Gasteiger partial charge in [-0.05, 0) is 52.2 Å². The summed E-state index contributed by atoms with van der Waals surface area (Å²) in [5.74, 6) is 0.781. The quantitative estimate of drug-likeness (QED) is 0.778. The second-order valence-electron chi connectivity index (χ2n) is 6.90. The van der Waals surface area contributed by atoms with Crippen LogP contribution in [0, 0.1) is 5.92 Å². The predicted octanol–water partition coefficient (Wildman–Crippen LogP) is 1.79. The van der Waals surface area contributed by atoms with E-state index in [0.29, 0.717) is 6.04 Å². The smallest absolute Gasteiger partial charge is 0.0250 e. The lowest BCUT2D eigenvalue weighted by molar-refractivity contribution is 0.252. The fourth-order valence-corrected chi connectivity index (χ4v) is 3.78. The molecule has 0 saturated carbocycles. The molecule has 1 N–H and O–H groups in total. The van der Waals surface area contributed by atoms with E-state index in [1.54, 1.807) is 0 Å². The molecule has 0 radical (unpaired) electrons. The molecular formula is C15H31N3. The van der Waals surface area contributed by atoms with Crippen molar-refractivity contribution >= 4 is 0 Å². The highest BCUT2D eigenvalue weighted by Gasteiger charge is 2.37. The Hall–Kier alpha value is -0.120. The third-order valence-electron chi connectivity index (χ3n) is 4.40. The van der Waals surface area contributed by atoms with Crippen LogP contribution in [0.2, 0.25) is 0 Å². The molecule has 3 atom stereocenters. The van der Waals surface area contributed by atoms with E-state index in [4.69, 9.17) is 0 Å². The van der Waals surface area contributed by atoms with Crippen molar-refractivity contribution in [2.75, 3.05) is 33.7 Å². The topological polar surface area (TPSA) is 18.5 Å². The van der Waals surface area contributed by atoms with Gasteiger partial charge in [-0.25, -0.2) is 0 Å². The van der Waals surface area contributed by atoms with Gasteiger partial charge in [0.05, 0.1) is 0 Å². The maximum absolute atomic E-state index is 3.97. The van der Waals surface area contributed by atoms with Gasteiger partial charge in [0.15, 0.2) is 0 Å². The average Bonchev–Trinajstić information content (AvgIpc) is 2.80. The molecule has 3 unspecified atom stereocenters. The Kier molecular flexibility index (Phi) is 5.05. The molecular weight excluding hydrogens is 222 g/mol. The summed E-state index contributed by atoms with van der Waals surface area (Å²) in [5.41, 5.74) is 0. The summed E-state index contributed by atoms with van der Waals surface area (Å²) < 4.78 is 0. The molecule has 0 aromatic heterocycles. The second-order valence-corrected chi connectivity index (χ2v) is 6.90. The van der Waals surface area contributed by atoms with Gasteiger partial charge in [-0.3, -0.25) is 4.90 Å².